The van der Waals surface area contributed by atoms with Gasteiger partial charge in [-0.15, -0.1) is 0 Å². The Morgan fingerprint density at radius 1 is 1.07 bits per heavy atom. The zero-order valence-electron chi connectivity index (χ0n) is 14.9. The number of methoxy groups -OCH3 is 1. The summed E-state index contributed by atoms with van der Waals surface area (Å²) in [7, 11) is 1.32. The maximum absolute atomic E-state index is 12.8. The second-order valence-corrected chi connectivity index (χ2v) is 7.58. The van der Waals surface area contributed by atoms with Crippen molar-refractivity contribution in [3.8, 4) is 0 Å². The van der Waals surface area contributed by atoms with Gasteiger partial charge < -0.3 is 9.30 Å². The van der Waals surface area contributed by atoms with Crippen LogP contribution in [-0.2, 0) is 16.1 Å². The van der Waals surface area contributed by atoms with Gasteiger partial charge in [0.25, 0.3) is 5.91 Å². The Kier molecular flexibility index (Phi) is 4.98. The van der Waals surface area contributed by atoms with E-state index >= 15 is 0 Å². The molecule has 7 heteroatoms. The van der Waals surface area contributed by atoms with E-state index in [4.69, 9.17) is 16.3 Å². The summed E-state index contributed by atoms with van der Waals surface area (Å²) in [6, 6.07) is 18.6. The Labute approximate surface area is 169 Å². The summed E-state index contributed by atoms with van der Waals surface area (Å²) in [5.41, 5.74) is 1.25. The van der Waals surface area contributed by atoms with Crippen LogP contribution in [0.15, 0.2) is 65.7 Å². The molecule has 0 aliphatic rings. The Balaban J connectivity index is 1.83. The lowest BCUT2D eigenvalue weighted by Gasteiger charge is -2.04. The number of esters is 1. The molecule has 0 saturated carbocycles. The van der Waals surface area contributed by atoms with Gasteiger partial charge in [-0.2, -0.15) is 4.99 Å². The molecule has 0 unspecified atom stereocenters. The summed E-state index contributed by atoms with van der Waals surface area (Å²) < 4.78 is 7.28. The van der Waals surface area contributed by atoms with E-state index in [0.29, 0.717) is 15.4 Å². The van der Waals surface area contributed by atoms with Gasteiger partial charge in [-0.1, -0.05) is 53.3 Å². The van der Waals surface area contributed by atoms with Crippen molar-refractivity contribution in [2.45, 2.75) is 6.54 Å². The van der Waals surface area contributed by atoms with Gasteiger partial charge >= 0.3 is 5.97 Å². The predicted molar refractivity (Wildman–Crippen MR) is 111 cm³/mol. The number of benzene rings is 3. The first kappa shape index (κ1) is 18.4. The largest absolute Gasteiger partial charge is 0.468 e. The van der Waals surface area contributed by atoms with E-state index in [0.717, 1.165) is 21.0 Å². The van der Waals surface area contributed by atoms with E-state index in [-0.39, 0.29) is 12.5 Å². The van der Waals surface area contributed by atoms with Crippen LogP contribution in [0.1, 0.15) is 10.4 Å². The lowest BCUT2D eigenvalue weighted by Crippen LogP contribution is -2.22. The summed E-state index contributed by atoms with van der Waals surface area (Å²) in [6.07, 6.45) is 0. The second kappa shape index (κ2) is 7.58. The molecule has 0 aliphatic heterocycles. The van der Waals surface area contributed by atoms with Gasteiger partial charge in [0.2, 0.25) is 0 Å². The first-order chi connectivity index (χ1) is 13.5. The number of thiazole rings is 1. The molecule has 0 atom stereocenters. The molecule has 0 spiro atoms. The molecule has 0 radical (unpaired) electrons. The third kappa shape index (κ3) is 3.56. The standard InChI is InChI=1S/C21H15ClN2O3S/c1-27-19(25)12-24-17-9-8-16(22)11-18(17)28-21(24)23-20(26)15-7-6-13-4-2-3-5-14(13)10-15/h2-11H,12H2,1H3. The third-order valence-corrected chi connectivity index (χ3v) is 5.63. The van der Waals surface area contributed by atoms with Gasteiger partial charge in [0.1, 0.15) is 6.54 Å². The van der Waals surface area contributed by atoms with Crippen LogP contribution in [0.3, 0.4) is 0 Å². The molecule has 0 saturated heterocycles. The summed E-state index contributed by atoms with van der Waals surface area (Å²) in [5.74, 6) is -0.795. The molecule has 140 valence electrons. The molecular weight excluding hydrogens is 396 g/mol. The molecule has 28 heavy (non-hydrogen) atoms. The minimum absolute atomic E-state index is 0.0397. The number of fused-ring (bicyclic) bond motifs is 2. The molecule has 0 aliphatic carbocycles. The molecule has 0 N–H and O–H groups in total. The molecule has 1 amide bonds. The summed E-state index contributed by atoms with van der Waals surface area (Å²) in [5, 5.41) is 2.59. The number of halogens is 1. The minimum atomic E-state index is -0.422. The van der Waals surface area contributed by atoms with Crippen molar-refractivity contribution in [1.82, 2.24) is 4.57 Å². The monoisotopic (exact) mass is 410 g/mol. The van der Waals surface area contributed by atoms with Crippen molar-refractivity contribution in [2.75, 3.05) is 7.11 Å². The van der Waals surface area contributed by atoms with E-state index in [1.54, 1.807) is 28.8 Å². The highest BCUT2D eigenvalue weighted by atomic mass is 35.5. The molecule has 5 nitrogen and oxygen atoms in total. The SMILES string of the molecule is COC(=O)Cn1c(=NC(=O)c2ccc3ccccc3c2)sc2cc(Cl)ccc21. The molecule has 1 aromatic heterocycles. The van der Waals surface area contributed by atoms with Crippen LogP contribution in [-0.4, -0.2) is 23.6 Å². The molecule has 1 heterocycles. The number of carbonyl (C=O) groups is 2. The number of nitrogens with zero attached hydrogens (tertiary/aromatic N) is 2. The smallest absolute Gasteiger partial charge is 0.325 e. The van der Waals surface area contributed by atoms with E-state index < -0.39 is 5.97 Å². The number of aromatic nitrogens is 1. The first-order valence-corrected chi connectivity index (χ1v) is 9.68. The maximum Gasteiger partial charge on any atom is 0.325 e. The quantitative estimate of drug-likeness (QED) is 0.469. The molecule has 0 bridgehead atoms. The second-order valence-electron chi connectivity index (χ2n) is 6.14. The fraction of sp³-hybridized carbons (Fsp3) is 0.0952. The molecule has 3 aromatic carbocycles. The fourth-order valence-electron chi connectivity index (χ4n) is 2.95. The maximum atomic E-state index is 12.8. The van der Waals surface area contributed by atoms with E-state index in [1.807, 2.05) is 36.4 Å². The molecular formula is C21H15ClN2O3S. The van der Waals surface area contributed by atoms with Crippen LogP contribution in [0, 0.1) is 0 Å². The van der Waals surface area contributed by atoms with E-state index in [1.165, 1.54) is 18.4 Å². The third-order valence-electron chi connectivity index (χ3n) is 4.35. The van der Waals surface area contributed by atoms with Crippen LogP contribution in [0.25, 0.3) is 21.0 Å². The summed E-state index contributed by atoms with van der Waals surface area (Å²) in [6.45, 7) is -0.0397. The van der Waals surface area contributed by atoms with Crippen LogP contribution in [0.5, 0.6) is 0 Å². The zero-order valence-corrected chi connectivity index (χ0v) is 16.5. The van der Waals surface area contributed by atoms with Crippen LogP contribution in [0.2, 0.25) is 5.02 Å². The highest BCUT2D eigenvalue weighted by Crippen LogP contribution is 2.22. The van der Waals surface area contributed by atoms with Crippen molar-refractivity contribution >= 4 is 55.8 Å². The first-order valence-electron chi connectivity index (χ1n) is 8.49. The number of hydrogen-bond acceptors (Lipinski definition) is 4. The normalized spacial score (nSPS) is 11.9. The Morgan fingerprint density at radius 2 is 1.86 bits per heavy atom. The summed E-state index contributed by atoms with van der Waals surface area (Å²) >= 11 is 7.38. The summed E-state index contributed by atoms with van der Waals surface area (Å²) in [4.78, 5) is 29.3. The molecule has 4 rings (SSSR count). The van der Waals surface area contributed by atoms with Gasteiger partial charge in [-0.3, -0.25) is 9.59 Å². The van der Waals surface area contributed by atoms with Gasteiger partial charge in [0.05, 0.1) is 17.3 Å². The number of hydrogen-bond donors (Lipinski definition) is 0. The molecule has 0 fully saturated rings. The zero-order chi connectivity index (χ0) is 19.7. The number of rotatable bonds is 3. The Morgan fingerprint density at radius 3 is 2.64 bits per heavy atom. The van der Waals surface area contributed by atoms with Crippen molar-refractivity contribution in [3.63, 3.8) is 0 Å². The lowest BCUT2D eigenvalue weighted by atomic mass is 10.1. The van der Waals surface area contributed by atoms with Crippen molar-refractivity contribution in [3.05, 3.63) is 76.1 Å². The van der Waals surface area contributed by atoms with Gasteiger partial charge in [0, 0.05) is 10.6 Å². The minimum Gasteiger partial charge on any atom is -0.468 e. The average molecular weight is 411 g/mol. The van der Waals surface area contributed by atoms with E-state index in [2.05, 4.69) is 4.99 Å². The fourth-order valence-corrected chi connectivity index (χ4v) is 4.26. The van der Waals surface area contributed by atoms with Crippen LogP contribution >= 0.6 is 22.9 Å². The van der Waals surface area contributed by atoms with Crippen molar-refractivity contribution < 1.29 is 14.3 Å². The highest BCUT2D eigenvalue weighted by Gasteiger charge is 2.13. The van der Waals surface area contributed by atoms with Crippen LogP contribution < -0.4 is 4.80 Å². The van der Waals surface area contributed by atoms with Crippen molar-refractivity contribution in [2.24, 2.45) is 4.99 Å². The lowest BCUT2D eigenvalue weighted by molar-refractivity contribution is -0.141. The van der Waals surface area contributed by atoms with Gasteiger partial charge in [-0.25, -0.2) is 0 Å². The van der Waals surface area contributed by atoms with Crippen LogP contribution in [0.4, 0.5) is 0 Å². The predicted octanol–water partition coefficient (Wildman–Crippen LogP) is 4.42. The number of amides is 1. The van der Waals surface area contributed by atoms with E-state index in [9.17, 15) is 9.59 Å². The van der Waals surface area contributed by atoms with Crippen molar-refractivity contribution in [1.29, 1.82) is 0 Å². The van der Waals surface area contributed by atoms with Gasteiger partial charge in [-0.05, 0) is 41.1 Å². The number of ether oxygens (including phenoxy) is 1. The van der Waals surface area contributed by atoms with Gasteiger partial charge in [0.15, 0.2) is 4.80 Å². The topological polar surface area (TPSA) is 60.7 Å². The highest BCUT2D eigenvalue weighted by molar-refractivity contribution is 7.16. The average Bonchev–Trinajstić information content (AvgIpc) is 3.03. The Hall–Kier alpha value is -2.96. The number of carbonyl (C=O) groups excluding carboxylic acids is 2. The Bertz CT molecular complexity index is 1290. The molecule has 4 aromatic rings.